The lowest BCUT2D eigenvalue weighted by atomic mass is 9.84. The SMILES string of the molecule is CC(=O)NC1CCC(CCN2CCN(c3cccc(-c4ncco4)c3)CC2)CC1. The minimum atomic E-state index is 0.109. The first-order chi connectivity index (χ1) is 14.2. The van der Waals surface area contributed by atoms with Crippen LogP contribution in [-0.4, -0.2) is 54.6 Å². The van der Waals surface area contributed by atoms with Crippen LogP contribution in [0.1, 0.15) is 39.0 Å². The van der Waals surface area contributed by atoms with Crippen LogP contribution in [0.4, 0.5) is 5.69 Å². The Balaban J connectivity index is 1.20. The van der Waals surface area contributed by atoms with Gasteiger partial charge in [0.25, 0.3) is 0 Å². The van der Waals surface area contributed by atoms with E-state index < -0.39 is 0 Å². The normalized spacial score (nSPS) is 23.1. The molecule has 1 saturated heterocycles. The summed E-state index contributed by atoms with van der Waals surface area (Å²) in [7, 11) is 0. The first-order valence-corrected chi connectivity index (χ1v) is 10.9. The monoisotopic (exact) mass is 396 g/mol. The first-order valence-electron chi connectivity index (χ1n) is 10.9. The predicted octanol–water partition coefficient (Wildman–Crippen LogP) is 3.55. The molecule has 1 aromatic carbocycles. The van der Waals surface area contributed by atoms with E-state index in [-0.39, 0.29) is 5.91 Å². The van der Waals surface area contributed by atoms with E-state index in [1.54, 1.807) is 19.4 Å². The first kappa shape index (κ1) is 20.0. The fraction of sp³-hybridized carbons (Fsp3) is 0.565. The highest BCUT2D eigenvalue weighted by atomic mass is 16.3. The highest BCUT2D eigenvalue weighted by Crippen LogP contribution is 2.28. The number of anilines is 1. The number of hydrogen-bond acceptors (Lipinski definition) is 5. The molecule has 0 unspecified atom stereocenters. The van der Waals surface area contributed by atoms with Crippen LogP contribution in [0.15, 0.2) is 41.1 Å². The Morgan fingerprint density at radius 2 is 1.97 bits per heavy atom. The molecule has 2 fully saturated rings. The highest BCUT2D eigenvalue weighted by molar-refractivity contribution is 5.73. The van der Waals surface area contributed by atoms with Gasteiger partial charge in [-0.2, -0.15) is 0 Å². The molecule has 0 spiro atoms. The van der Waals surface area contributed by atoms with Crippen molar-refractivity contribution in [2.75, 3.05) is 37.6 Å². The van der Waals surface area contributed by atoms with Gasteiger partial charge in [-0.15, -0.1) is 0 Å². The molecule has 2 aliphatic rings. The maximum Gasteiger partial charge on any atom is 0.225 e. The number of oxazole rings is 1. The Kier molecular flexibility index (Phi) is 6.49. The van der Waals surface area contributed by atoms with E-state index in [1.807, 2.05) is 6.07 Å². The zero-order valence-corrected chi connectivity index (χ0v) is 17.3. The zero-order valence-electron chi connectivity index (χ0n) is 17.3. The number of benzene rings is 1. The number of piperazine rings is 1. The second kappa shape index (κ2) is 9.44. The summed E-state index contributed by atoms with van der Waals surface area (Å²) in [5.41, 5.74) is 2.28. The molecule has 0 radical (unpaired) electrons. The van der Waals surface area contributed by atoms with Crippen molar-refractivity contribution in [3.63, 3.8) is 0 Å². The molecule has 0 atom stereocenters. The lowest BCUT2D eigenvalue weighted by Gasteiger charge is -2.37. The van der Waals surface area contributed by atoms with Crippen LogP contribution in [0.3, 0.4) is 0 Å². The number of aromatic nitrogens is 1. The van der Waals surface area contributed by atoms with Gasteiger partial charge in [0.15, 0.2) is 0 Å². The van der Waals surface area contributed by atoms with E-state index >= 15 is 0 Å². The summed E-state index contributed by atoms with van der Waals surface area (Å²) in [5.74, 6) is 1.60. The number of nitrogens with one attached hydrogen (secondary N) is 1. The summed E-state index contributed by atoms with van der Waals surface area (Å²) in [5, 5.41) is 3.08. The van der Waals surface area contributed by atoms with Gasteiger partial charge in [0.2, 0.25) is 11.8 Å². The van der Waals surface area contributed by atoms with Gasteiger partial charge in [0, 0.05) is 50.4 Å². The molecule has 6 nitrogen and oxygen atoms in total. The van der Waals surface area contributed by atoms with Crippen LogP contribution < -0.4 is 10.2 Å². The largest absolute Gasteiger partial charge is 0.445 e. The third-order valence-electron chi connectivity index (χ3n) is 6.37. The van der Waals surface area contributed by atoms with E-state index in [2.05, 4.69) is 38.3 Å². The highest BCUT2D eigenvalue weighted by Gasteiger charge is 2.23. The lowest BCUT2D eigenvalue weighted by Crippen LogP contribution is -2.47. The maximum atomic E-state index is 11.2. The lowest BCUT2D eigenvalue weighted by molar-refractivity contribution is -0.119. The van der Waals surface area contributed by atoms with Gasteiger partial charge in [-0.1, -0.05) is 6.07 Å². The van der Waals surface area contributed by atoms with Crippen LogP contribution >= 0.6 is 0 Å². The third kappa shape index (κ3) is 5.38. The van der Waals surface area contributed by atoms with Gasteiger partial charge in [-0.05, 0) is 62.8 Å². The van der Waals surface area contributed by atoms with Crippen molar-refractivity contribution in [1.29, 1.82) is 0 Å². The average Bonchev–Trinajstić information content (AvgIpc) is 3.28. The van der Waals surface area contributed by atoms with E-state index in [9.17, 15) is 4.79 Å². The van der Waals surface area contributed by atoms with Crippen molar-refractivity contribution >= 4 is 11.6 Å². The molecule has 1 saturated carbocycles. The van der Waals surface area contributed by atoms with E-state index in [4.69, 9.17) is 4.42 Å². The molecule has 6 heteroatoms. The van der Waals surface area contributed by atoms with E-state index in [1.165, 1.54) is 31.5 Å². The van der Waals surface area contributed by atoms with Crippen LogP contribution in [0.5, 0.6) is 0 Å². The number of amides is 1. The smallest absolute Gasteiger partial charge is 0.225 e. The Morgan fingerprint density at radius 3 is 2.66 bits per heavy atom. The van der Waals surface area contributed by atoms with Crippen molar-refractivity contribution in [2.45, 2.75) is 45.1 Å². The number of hydrogen-bond donors (Lipinski definition) is 1. The molecule has 1 N–H and O–H groups in total. The Bertz CT molecular complexity index is 776. The van der Waals surface area contributed by atoms with Gasteiger partial charge >= 0.3 is 0 Å². The standard InChI is InChI=1S/C23H32N4O2/c1-18(28)25-21-7-5-19(6-8-21)9-11-26-12-14-27(15-13-26)22-4-2-3-20(17-22)23-24-10-16-29-23/h2-4,10,16-17,19,21H,5-9,11-15H2,1H3,(H,25,28). The summed E-state index contributed by atoms with van der Waals surface area (Å²) >= 11 is 0. The molecule has 2 aromatic rings. The topological polar surface area (TPSA) is 61.6 Å². The Morgan fingerprint density at radius 1 is 1.17 bits per heavy atom. The fourth-order valence-corrected chi connectivity index (χ4v) is 4.68. The van der Waals surface area contributed by atoms with Crippen LogP contribution in [-0.2, 0) is 4.79 Å². The molecule has 156 valence electrons. The quantitative estimate of drug-likeness (QED) is 0.809. The molecule has 1 aliphatic heterocycles. The molecule has 29 heavy (non-hydrogen) atoms. The minimum absolute atomic E-state index is 0.109. The third-order valence-corrected chi connectivity index (χ3v) is 6.37. The molecule has 2 heterocycles. The summed E-state index contributed by atoms with van der Waals surface area (Å²) < 4.78 is 5.44. The zero-order chi connectivity index (χ0) is 20.1. The fourth-order valence-electron chi connectivity index (χ4n) is 4.68. The van der Waals surface area contributed by atoms with Gasteiger partial charge in [0.05, 0.1) is 6.20 Å². The Hall–Kier alpha value is -2.34. The number of nitrogens with zero attached hydrogens (tertiary/aromatic N) is 3. The summed E-state index contributed by atoms with van der Waals surface area (Å²) in [4.78, 5) is 20.5. The van der Waals surface area contributed by atoms with Gasteiger partial charge in [0.1, 0.15) is 6.26 Å². The molecular weight excluding hydrogens is 364 g/mol. The molecule has 1 amide bonds. The van der Waals surface area contributed by atoms with Crippen molar-refractivity contribution in [2.24, 2.45) is 5.92 Å². The maximum absolute atomic E-state index is 11.2. The van der Waals surface area contributed by atoms with Crippen LogP contribution in [0.2, 0.25) is 0 Å². The molecule has 1 aliphatic carbocycles. The van der Waals surface area contributed by atoms with Crippen molar-refractivity contribution < 1.29 is 9.21 Å². The van der Waals surface area contributed by atoms with E-state index in [0.29, 0.717) is 11.9 Å². The minimum Gasteiger partial charge on any atom is -0.445 e. The molecule has 0 bridgehead atoms. The number of carbonyl (C=O) groups is 1. The van der Waals surface area contributed by atoms with Gasteiger partial charge in [-0.3, -0.25) is 9.69 Å². The van der Waals surface area contributed by atoms with E-state index in [0.717, 1.165) is 50.5 Å². The summed E-state index contributed by atoms with van der Waals surface area (Å²) in [6.07, 6.45) is 9.36. The van der Waals surface area contributed by atoms with Crippen molar-refractivity contribution in [1.82, 2.24) is 15.2 Å². The summed E-state index contributed by atoms with van der Waals surface area (Å²) in [6.45, 7) is 7.17. The summed E-state index contributed by atoms with van der Waals surface area (Å²) in [6, 6.07) is 8.88. The average molecular weight is 397 g/mol. The van der Waals surface area contributed by atoms with Crippen molar-refractivity contribution in [3.8, 4) is 11.5 Å². The van der Waals surface area contributed by atoms with Gasteiger partial charge in [-0.25, -0.2) is 4.98 Å². The Labute approximate surface area is 173 Å². The number of rotatable bonds is 6. The predicted molar refractivity (Wildman–Crippen MR) is 115 cm³/mol. The molecule has 1 aromatic heterocycles. The second-order valence-corrected chi connectivity index (χ2v) is 8.42. The molecular formula is C23H32N4O2. The van der Waals surface area contributed by atoms with Gasteiger partial charge < -0.3 is 14.6 Å². The molecule has 4 rings (SSSR count). The van der Waals surface area contributed by atoms with Crippen LogP contribution in [0.25, 0.3) is 11.5 Å². The second-order valence-electron chi connectivity index (χ2n) is 8.42. The van der Waals surface area contributed by atoms with Crippen LogP contribution in [0, 0.1) is 5.92 Å². The number of carbonyl (C=O) groups excluding carboxylic acids is 1. The van der Waals surface area contributed by atoms with Crippen molar-refractivity contribution in [3.05, 3.63) is 36.7 Å².